The van der Waals surface area contributed by atoms with Gasteiger partial charge in [-0.3, -0.25) is 9.52 Å². The average Bonchev–Trinajstić information content (AvgIpc) is 2.97. The smallest absolute Gasteiger partial charge is 0.262 e. The van der Waals surface area contributed by atoms with Gasteiger partial charge in [0.2, 0.25) is 0 Å². The fourth-order valence-electron chi connectivity index (χ4n) is 1.58. The fourth-order valence-corrected chi connectivity index (χ4v) is 3.85. The third-order valence-electron chi connectivity index (χ3n) is 2.68. The Bertz CT molecular complexity index is 736. The Morgan fingerprint density at radius 2 is 1.90 bits per heavy atom. The van der Waals surface area contributed by atoms with Crippen molar-refractivity contribution >= 4 is 33.0 Å². The second-order valence-electron chi connectivity index (χ2n) is 4.06. The molecule has 0 aliphatic carbocycles. The first kappa shape index (κ1) is 15.3. The Hall–Kier alpha value is -2.06. The minimum atomic E-state index is -3.71. The van der Waals surface area contributed by atoms with Crippen LogP contribution in [0.5, 0.6) is 5.75 Å². The Balaban J connectivity index is 2.21. The van der Waals surface area contributed by atoms with Crippen molar-refractivity contribution in [2.75, 3.05) is 18.9 Å². The number of amides is 1. The van der Waals surface area contributed by atoms with E-state index in [0.717, 1.165) is 11.3 Å². The van der Waals surface area contributed by atoms with Crippen LogP contribution in [0.15, 0.2) is 40.6 Å². The zero-order chi connectivity index (χ0) is 15.5. The summed E-state index contributed by atoms with van der Waals surface area (Å²) in [6, 6.07) is 7.85. The molecule has 8 heteroatoms. The first-order chi connectivity index (χ1) is 9.96. The van der Waals surface area contributed by atoms with Gasteiger partial charge in [0.1, 0.15) is 5.75 Å². The second kappa shape index (κ2) is 6.15. The monoisotopic (exact) mass is 326 g/mol. The molecule has 0 bridgehead atoms. The highest BCUT2D eigenvalue weighted by Gasteiger charge is 2.18. The summed E-state index contributed by atoms with van der Waals surface area (Å²) in [4.78, 5) is 11.9. The quantitative estimate of drug-likeness (QED) is 0.879. The SMILES string of the molecule is CNC(=O)c1cc(S(=O)(=O)Nc2ccc(OC)cc2)cs1. The summed E-state index contributed by atoms with van der Waals surface area (Å²) in [6.07, 6.45) is 0. The summed E-state index contributed by atoms with van der Waals surface area (Å²) < 4.78 is 31.9. The van der Waals surface area contributed by atoms with Gasteiger partial charge in [0.05, 0.1) is 16.9 Å². The molecule has 0 saturated heterocycles. The maximum Gasteiger partial charge on any atom is 0.262 e. The molecule has 1 aromatic carbocycles. The van der Waals surface area contributed by atoms with Crippen LogP contribution in [0, 0.1) is 0 Å². The topological polar surface area (TPSA) is 84.5 Å². The first-order valence-electron chi connectivity index (χ1n) is 5.94. The molecule has 1 aromatic heterocycles. The molecule has 2 N–H and O–H groups in total. The predicted octanol–water partition coefficient (Wildman–Crippen LogP) is 1.92. The molecule has 1 heterocycles. The van der Waals surface area contributed by atoms with Crippen molar-refractivity contribution in [2.45, 2.75) is 4.90 Å². The molecular formula is C13H14N2O4S2. The van der Waals surface area contributed by atoms with Crippen molar-refractivity contribution in [2.24, 2.45) is 0 Å². The summed E-state index contributed by atoms with van der Waals surface area (Å²) in [6.45, 7) is 0. The van der Waals surface area contributed by atoms with Crippen molar-refractivity contribution < 1.29 is 17.9 Å². The zero-order valence-corrected chi connectivity index (χ0v) is 13.0. The number of sulfonamides is 1. The van der Waals surface area contributed by atoms with Gasteiger partial charge in [-0.15, -0.1) is 11.3 Å². The van der Waals surface area contributed by atoms with Crippen LogP contribution in [-0.4, -0.2) is 28.5 Å². The second-order valence-corrected chi connectivity index (χ2v) is 6.65. The van der Waals surface area contributed by atoms with Crippen molar-refractivity contribution in [1.29, 1.82) is 0 Å². The molecule has 21 heavy (non-hydrogen) atoms. The molecule has 0 aliphatic rings. The highest BCUT2D eigenvalue weighted by molar-refractivity contribution is 7.92. The molecule has 112 valence electrons. The number of carbonyl (C=O) groups is 1. The highest BCUT2D eigenvalue weighted by atomic mass is 32.2. The van der Waals surface area contributed by atoms with E-state index in [-0.39, 0.29) is 10.8 Å². The number of ether oxygens (including phenoxy) is 1. The zero-order valence-electron chi connectivity index (χ0n) is 11.4. The van der Waals surface area contributed by atoms with Crippen LogP contribution in [0.25, 0.3) is 0 Å². The summed E-state index contributed by atoms with van der Waals surface area (Å²) in [7, 11) is -0.690. The van der Waals surface area contributed by atoms with Gasteiger partial charge in [-0.1, -0.05) is 0 Å². The number of carbonyl (C=O) groups excluding carboxylic acids is 1. The molecule has 0 saturated carbocycles. The summed E-state index contributed by atoms with van der Waals surface area (Å²) >= 11 is 1.07. The van der Waals surface area contributed by atoms with Crippen molar-refractivity contribution in [3.8, 4) is 5.75 Å². The van der Waals surface area contributed by atoms with Gasteiger partial charge in [0.15, 0.2) is 0 Å². The lowest BCUT2D eigenvalue weighted by molar-refractivity contribution is 0.0967. The van der Waals surface area contributed by atoms with Gasteiger partial charge < -0.3 is 10.1 Å². The fraction of sp³-hybridized carbons (Fsp3) is 0.154. The molecule has 2 rings (SSSR count). The lowest BCUT2D eigenvalue weighted by atomic mass is 10.3. The van der Waals surface area contributed by atoms with Crippen molar-refractivity contribution in [1.82, 2.24) is 5.32 Å². The normalized spacial score (nSPS) is 11.0. The molecule has 0 radical (unpaired) electrons. The van der Waals surface area contributed by atoms with Gasteiger partial charge in [-0.05, 0) is 30.3 Å². The molecule has 0 atom stereocenters. The molecule has 1 amide bonds. The molecule has 2 aromatic rings. The first-order valence-corrected chi connectivity index (χ1v) is 8.30. The molecule has 0 fully saturated rings. The number of anilines is 1. The van der Waals surface area contributed by atoms with Gasteiger partial charge in [-0.2, -0.15) is 0 Å². The van der Waals surface area contributed by atoms with E-state index < -0.39 is 10.0 Å². The van der Waals surface area contributed by atoms with Crippen LogP contribution in [0.1, 0.15) is 9.67 Å². The third-order valence-corrected chi connectivity index (χ3v) is 5.12. The van der Waals surface area contributed by atoms with Gasteiger partial charge in [-0.25, -0.2) is 8.42 Å². The molecule has 6 nitrogen and oxygen atoms in total. The van der Waals surface area contributed by atoms with E-state index in [9.17, 15) is 13.2 Å². The van der Waals surface area contributed by atoms with Crippen LogP contribution in [0.4, 0.5) is 5.69 Å². The average molecular weight is 326 g/mol. The number of thiophene rings is 1. The van der Waals surface area contributed by atoms with Crippen LogP contribution in [0.3, 0.4) is 0 Å². The van der Waals surface area contributed by atoms with E-state index in [1.165, 1.54) is 25.6 Å². The molecular weight excluding hydrogens is 312 g/mol. The molecule has 0 unspecified atom stereocenters. The van der Waals surface area contributed by atoms with Crippen molar-refractivity contribution in [3.05, 3.63) is 40.6 Å². The van der Waals surface area contributed by atoms with E-state index in [1.807, 2.05) is 0 Å². The van der Waals surface area contributed by atoms with Crippen LogP contribution in [0.2, 0.25) is 0 Å². The standard InChI is InChI=1S/C13H14N2O4S2/c1-14-13(16)12-7-11(8-20-12)21(17,18)15-9-3-5-10(19-2)6-4-9/h3-8,15H,1-2H3,(H,14,16). The lowest BCUT2D eigenvalue weighted by Crippen LogP contribution is -2.16. The van der Waals surface area contributed by atoms with E-state index in [4.69, 9.17) is 4.74 Å². The van der Waals surface area contributed by atoms with Gasteiger partial charge in [0, 0.05) is 18.1 Å². The molecule has 0 spiro atoms. The number of methoxy groups -OCH3 is 1. The van der Waals surface area contributed by atoms with Crippen LogP contribution in [-0.2, 0) is 10.0 Å². The van der Waals surface area contributed by atoms with E-state index in [0.29, 0.717) is 16.3 Å². The Morgan fingerprint density at radius 3 is 2.48 bits per heavy atom. The predicted molar refractivity (Wildman–Crippen MR) is 81.5 cm³/mol. The number of rotatable bonds is 5. The number of nitrogens with one attached hydrogen (secondary N) is 2. The highest BCUT2D eigenvalue weighted by Crippen LogP contribution is 2.23. The number of benzene rings is 1. The van der Waals surface area contributed by atoms with Crippen LogP contribution >= 0.6 is 11.3 Å². The molecule has 0 aliphatic heterocycles. The summed E-state index contributed by atoms with van der Waals surface area (Å²) in [5, 5.41) is 3.88. The van der Waals surface area contributed by atoms with E-state index >= 15 is 0 Å². The van der Waals surface area contributed by atoms with Gasteiger partial charge >= 0.3 is 0 Å². The maximum absolute atomic E-state index is 12.2. The Kier molecular flexibility index (Phi) is 4.49. The van der Waals surface area contributed by atoms with E-state index in [2.05, 4.69) is 10.0 Å². The van der Waals surface area contributed by atoms with Gasteiger partial charge in [0.25, 0.3) is 15.9 Å². The lowest BCUT2D eigenvalue weighted by Gasteiger charge is -2.07. The Morgan fingerprint density at radius 1 is 1.24 bits per heavy atom. The Labute approximate surface area is 126 Å². The maximum atomic E-state index is 12.2. The largest absolute Gasteiger partial charge is 0.497 e. The summed E-state index contributed by atoms with van der Waals surface area (Å²) in [5.41, 5.74) is 0.420. The summed E-state index contributed by atoms with van der Waals surface area (Å²) in [5.74, 6) is 0.321. The minimum Gasteiger partial charge on any atom is -0.497 e. The number of hydrogen-bond donors (Lipinski definition) is 2. The van der Waals surface area contributed by atoms with Crippen LogP contribution < -0.4 is 14.8 Å². The number of hydrogen-bond acceptors (Lipinski definition) is 5. The minimum absolute atomic E-state index is 0.0573. The van der Waals surface area contributed by atoms with Crippen molar-refractivity contribution in [3.63, 3.8) is 0 Å². The van der Waals surface area contributed by atoms with E-state index in [1.54, 1.807) is 24.3 Å². The third kappa shape index (κ3) is 3.53.